The predicted octanol–water partition coefficient (Wildman–Crippen LogP) is 0.556. The second kappa shape index (κ2) is 7.04. The van der Waals surface area contributed by atoms with Gasteiger partial charge in [-0.15, -0.1) is 0 Å². The summed E-state index contributed by atoms with van der Waals surface area (Å²) in [5, 5.41) is 8.22. The van der Waals surface area contributed by atoms with Gasteiger partial charge in [0.1, 0.15) is 10.6 Å². The molecule has 1 fully saturated rings. The second-order valence-electron chi connectivity index (χ2n) is 6.69. The van der Waals surface area contributed by atoms with E-state index in [9.17, 15) is 13.2 Å². The monoisotopic (exact) mass is 412 g/mol. The highest BCUT2D eigenvalue weighted by Crippen LogP contribution is 2.25. The van der Waals surface area contributed by atoms with E-state index < -0.39 is 22.1 Å². The molecule has 1 saturated heterocycles. The molecule has 1 N–H and O–H groups in total. The molecule has 2 aromatic rings. The maximum atomic E-state index is 12.8. The van der Waals surface area contributed by atoms with Gasteiger partial charge in [0.15, 0.2) is 5.76 Å². The number of rotatable bonds is 4. The molecule has 146 valence electrons. The van der Waals surface area contributed by atoms with Crippen LogP contribution in [0.2, 0.25) is 0 Å². The largest absolute Gasteiger partial charge is 0.377 e. The first-order chi connectivity index (χ1) is 12.9. The molecule has 9 nitrogen and oxygen atoms in total. The quantitative estimate of drug-likeness (QED) is 0.774. The zero-order valence-corrected chi connectivity index (χ0v) is 16.6. The van der Waals surface area contributed by atoms with Crippen LogP contribution in [0.4, 0.5) is 0 Å². The van der Waals surface area contributed by atoms with E-state index in [0.29, 0.717) is 0 Å². The van der Waals surface area contributed by atoms with E-state index in [1.54, 1.807) is 31.7 Å². The van der Waals surface area contributed by atoms with Crippen LogP contribution >= 0.6 is 11.8 Å². The average molecular weight is 412 g/mol. The Bertz CT molecular complexity index is 1010. The molecule has 2 aliphatic heterocycles. The highest BCUT2D eigenvalue weighted by molar-refractivity contribution is 7.98. The van der Waals surface area contributed by atoms with Crippen LogP contribution in [0.25, 0.3) is 0 Å². The Hall–Kier alpha value is -1.69. The van der Waals surface area contributed by atoms with Crippen LogP contribution in [0.1, 0.15) is 28.8 Å². The van der Waals surface area contributed by atoms with Crippen molar-refractivity contribution in [1.29, 1.82) is 0 Å². The van der Waals surface area contributed by atoms with Crippen molar-refractivity contribution < 1.29 is 17.7 Å². The Labute approximate surface area is 160 Å². The fourth-order valence-corrected chi connectivity index (χ4v) is 6.01. The summed E-state index contributed by atoms with van der Waals surface area (Å²) in [6, 6.07) is 0.490. The van der Waals surface area contributed by atoms with E-state index in [1.165, 1.54) is 4.68 Å². The Kier molecular flexibility index (Phi) is 4.87. The lowest BCUT2D eigenvalue weighted by atomic mass is 10.1. The molecule has 27 heavy (non-hydrogen) atoms. The normalized spacial score (nSPS) is 22.7. The Balaban J connectivity index is 1.65. The van der Waals surface area contributed by atoms with E-state index in [0.717, 1.165) is 29.2 Å². The third kappa shape index (κ3) is 3.44. The molecule has 11 heteroatoms. The number of nitrogens with zero attached hydrogens (tertiary/aromatic N) is 3. The average Bonchev–Trinajstić information content (AvgIpc) is 3.20. The summed E-state index contributed by atoms with van der Waals surface area (Å²) in [5.41, 5.74) is 1.90. The molecule has 0 aromatic carbocycles. The molecule has 0 aliphatic carbocycles. The number of nitrogens with one attached hydrogen (secondary N) is 1. The molecule has 2 aliphatic rings. The van der Waals surface area contributed by atoms with Gasteiger partial charge in [-0.1, -0.05) is 5.16 Å². The number of sulfonamides is 1. The summed E-state index contributed by atoms with van der Waals surface area (Å²) in [7, 11) is -3.87. The maximum absolute atomic E-state index is 12.8. The van der Waals surface area contributed by atoms with Crippen molar-refractivity contribution in [3.05, 3.63) is 39.1 Å². The van der Waals surface area contributed by atoms with Crippen molar-refractivity contribution in [2.24, 2.45) is 0 Å². The minimum absolute atomic E-state index is 0.0240. The Morgan fingerprint density at radius 3 is 2.89 bits per heavy atom. The van der Waals surface area contributed by atoms with Gasteiger partial charge in [0.25, 0.3) is 5.56 Å². The molecule has 2 aromatic heterocycles. The van der Waals surface area contributed by atoms with Crippen LogP contribution in [-0.4, -0.2) is 48.4 Å². The van der Waals surface area contributed by atoms with E-state index in [1.807, 2.05) is 0 Å². The lowest BCUT2D eigenvalue weighted by Crippen LogP contribution is -2.44. The van der Waals surface area contributed by atoms with Crippen LogP contribution < -0.4 is 10.3 Å². The van der Waals surface area contributed by atoms with Crippen LogP contribution in [-0.2, 0) is 26.9 Å². The van der Waals surface area contributed by atoms with Gasteiger partial charge >= 0.3 is 0 Å². The molecule has 0 bridgehead atoms. The fraction of sp³-hybridized carbons (Fsp3) is 0.562. The smallest absolute Gasteiger partial charge is 0.267 e. The lowest BCUT2D eigenvalue weighted by Gasteiger charge is -2.22. The molecule has 4 heterocycles. The SMILES string of the molecule is Cc1noc(C)c1S(=O)(=O)NC1COCC1n1nc2c(cc1=O)CSCC2. The summed E-state index contributed by atoms with van der Waals surface area (Å²) in [4.78, 5) is 12.6. The standard InChI is InChI=1S/C16H20N4O5S2/c1-9-16(10(2)25-18-9)27(22,23)19-13-6-24-7-14(13)20-15(21)5-11-8-26-4-3-12(11)17-20/h5,13-14,19H,3-4,6-8H2,1-2H3. The summed E-state index contributed by atoms with van der Waals surface area (Å²) in [6.45, 7) is 3.50. The third-order valence-corrected chi connectivity index (χ3v) is 7.51. The van der Waals surface area contributed by atoms with Gasteiger partial charge in [-0.05, 0) is 25.2 Å². The van der Waals surface area contributed by atoms with Crippen molar-refractivity contribution >= 4 is 21.8 Å². The number of fused-ring (bicyclic) bond motifs is 1. The molecule has 0 radical (unpaired) electrons. The fourth-order valence-electron chi connectivity index (χ4n) is 3.48. The van der Waals surface area contributed by atoms with Crippen molar-refractivity contribution in [3.8, 4) is 0 Å². The van der Waals surface area contributed by atoms with Crippen LogP contribution in [0.15, 0.2) is 20.3 Å². The van der Waals surface area contributed by atoms with Gasteiger partial charge in [-0.3, -0.25) is 4.79 Å². The van der Waals surface area contributed by atoms with Gasteiger partial charge in [0, 0.05) is 18.2 Å². The van der Waals surface area contributed by atoms with Crippen LogP contribution in [0, 0.1) is 13.8 Å². The van der Waals surface area contributed by atoms with Gasteiger partial charge in [-0.25, -0.2) is 17.8 Å². The molecule has 0 saturated carbocycles. The Morgan fingerprint density at radius 2 is 2.15 bits per heavy atom. The highest BCUT2D eigenvalue weighted by atomic mass is 32.2. The lowest BCUT2D eigenvalue weighted by molar-refractivity contribution is 0.181. The number of aromatic nitrogens is 3. The predicted molar refractivity (Wildman–Crippen MR) is 98.3 cm³/mol. The van der Waals surface area contributed by atoms with Crippen molar-refractivity contribution in [3.63, 3.8) is 0 Å². The van der Waals surface area contributed by atoms with Crippen molar-refractivity contribution in [2.45, 2.75) is 43.0 Å². The molecular weight excluding hydrogens is 392 g/mol. The number of ether oxygens (including phenoxy) is 1. The zero-order chi connectivity index (χ0) is 19.2. The van der Waals surface area contributed by atoms with Crippen LogP contribution in [0.5, 0.6) is 0 Å². The van der Waals surface area contributed by atoms with Gasteiger partial charge in [-0.2, -0.15) is 16.9 Å². The first kappa shape index (κ1) is 18.7. The third-order valence-electron chi connectivity index (χ3n) is 4.77. The highest BCUT2D eigenvalue weighted by Gasteiger charge is 2.37. The van der Waals surface area contributed by atoms with Gasteiger partial charge < -0.3 is 9.26 Å². The molecule has 2 unspecified atom stereocenters. The minimum Gasteiger partial charge on any atom is -0.377 e. The molecule has 0 spiro atoms. The second-order valence-corrected chi connectivity index (χ2v) is 9.44. The van der Waals surface area contributed by atoms with Crippen molar-refractivity contribution in [1.82, 2.24) is 19.7 Å². The zero-order valence-electron chi connectivity index (χ0n) is 15.0. The first-order valence-corrected chi connectivity index (χ1v) is 11.2. The van der Waals surface area contributed by atoms with E-state index in [4.69, 9.17) is 9.26 Å². The number of thioether (sulfide) groups is 1. The summed E-state index contributed by atoms with van der Waals surface area (Å²) >= 11 is 1.77. The molecule has 2 atom stereocenters. The summed E-state index contributed by atoms with van der Waals surface area (Å²) in [6.07, 6.45) is 0.795. The van der Waals surface area contributed by atoms with E-state index in [2.05, 4.69) is 15.0 Å². The van der Waals surface area contributed by atoms with Crippen molar-refractivity contribution in [2.75, 3.05) is 19.0 Å². The maximum Gasteiger partial charge on any atom is 0.267 e. The summed E-state index contributed by atoms with van der Waals surface area (Å²) in [5.74, 6) is 1.96. The molecule has 0 amide bonds. The first-order valence-electron chi connectivity index (χ1n) is 8.59. The molecular formula is C16H20N4O5S2. The summed E-state index contributed by atoms with van der Waals surface area (Å²) < 4.78 is 40.1. The number of aryl methyl sites for hydroxylation is 3. The minimum atomic E-state index is -3.87. The van der Waals surface area contributed by atoms with E-state index in [-0.39, 0.29) is 35.1 Å². The number of hydrogen-bond acceptors (Lipinski definition) is 8. The van der Waals surface area contributed by atoms with Gasteiger partial charge in [0.2, 0.25) is 10.0 Å². The van der Waals surface area contributed by atoms with E-state index >= 15 is 0 Å². The Morgan fingerprint density at radius 1 is 1.33 bits per heavy atom. The molecule has 4 rings (SSSR count). The topological polar surface area (TPSA) is 116 Å². The van der Waals surface area contributed by atoms with Crippen LogP contribution in [0.3, 0.4) is 0 Å². The number of hydrogen-bond donors (Lipinski definition) is 1. The van der Waals surface area contributed by atoms with Gasteiger partial charge in [0.05, 0.1) is 31.0 Å².